The van der Waals surface area contributed by atoms with E-state index in [0.717, 1.165) is 11.1 Å². The Bertz CT molecular complexity index is 680. The number of nitrogens with two attached hydrogens (primary N) is 1. The number of ether oxygens (including phenoxy) is 1. The van der Waals surface area contributed by atoms with Gasteiger partial charge in [-0.2, -0.15) is 0 Å². The summed E-state index contributed by atoms with van der Waals surface area (Å²) in [6.45, 7) is 5.47. The maximum atomic E-state index is 12.1. The molecular weight excluding hydrogens is 280 g/mol. The number of amides is 1. The van der Waals surface area contributed by atoms with Gasteiger partial charge in [-0.1, -0.05) is 0 Å². The van der Waals surface area contributed by atoms with E-state index in [4.69, 9.17) is 10.5 Å². The second-order valence-corrected chi connectivity index (χ2v) is 5.91. The lowest BCUT2D eigenvalue weighted by molar-refractivity contribution is 0.0588. The summed E-state index contributed by atoms with van der Waals surface area (Å²) in [5.74, 6) is 0.943. The molecular formula is C16H20N4O2. The van der Waals surface area contributed by atoms with Crippen molar-refractivity contribution in [2.45, 2.75) is 26.4 Å². The predicted octanol–water partition coefficient (Wildman–Crippen LogP) is 3.10. The fourth-order valence-corrected chi connectivity index (χ4v) is 1.83. The molecule has 0 saturated carbocycles. The third kappa shape index (κ3) is 3.94. The summed E-state index contributed by atoms with van der Waals surface area (Å²) in [6, 6.07) is 7.27. The third-order valence-electron chi connectivity index (χ3n) is 2.87. The summed E-state index contributed by atoms with van der Waals surface area (Å²) in [6.07, 6.45) is 2.83. The van der Waals surface area contributed by atoms with Crippen molar-refractivity contribution in [1.82, 2.24) is 9.97 Å². The Morgan fingerprint density at radius 2 is 1.73 bits per heavy atom. The quantitative estimate of drug-likeness (QED) is 0.921. The van der Waals surface area contributed by atoms with Crippen molar-refractivity contribution in [2.24, 2.45) is 0 Å². The predicted molar refractivity (Wildman–Crippen MR) is 86.5 cm³/mol. The minimum absolute atomic E-state index is 0.441. The lowest BCUT2D eigenvalue weighted by atomic mass is 10.1. The monoisotopic (exact) mass is 300 g/mol. The van der Waals surface area contributed by atoms with E-state index < -0.39 is 11.7 Å². The molecule has 0 fully saturated rings. The Labute approximate surface area is 129 Å². The third-order valence-corrected chi connectivity index (χ3v) is 2.87. The van der Waals surface area contributed by atoms with E-state index in [1.807, 2.05) is 32.9 Å². The van der Waals surface area contributed by atoms with Gasteiger partial charge < -0.3 is 10.5 Å². The first kappa shape index (κ1) is 15.8. The molecule has 2 rings (SSSR count). The summed E-state index contributed by atoms with van der Waals surface area (Å²) < 4.78 is 5.34. The van der Waals surface area contributed by atoms with Crippen LogP contribution in [0.1, 0.15) is 20.8 Å². The maximum absolute atomic E-state index is 12.1. The van der Waals surface area contributed by atoms with Gasteiger partial charge in [0.05, 0.1) is 0 Å². The molecule has 6 heteroatoms. The lowest BCUT2D eigenvalue weighted by Gasteiger charge is -2.24. The van der Waals surface area contributed by atoms with Crippen molar-refractivity contribution in [3.05, 3.63) is 36.7 Å². The molecule has 2 heterocycles. The van der Waals surface area contributed by atoms with Gasteiger partial charge in [0.15, 0.2) is 0 Å². The fraction of sp³-hybridized carbons (Fsp3) is 0.312. The van der Waals surface area contributed by atoms with Crippen molar-refractivity contribution in [2.75, 3.05) is 17.7 Å². The largest absolute Gasteiger partial charge is 0.443 e. The fourth-order valence-electron chi connectivity index (χ4n) is 1.83. The summed E-state index contributed by atoms with van der Waals surface area (Å²) in [5, 5.41) is 0. The Kier molecular flexibility index (Phi) is 4.30. The molecule has 6 nitrogen and oxygen atoms in total. The highest BCUT2D eigenvalue weighted by Crippen LogP contribution is 2.24. The summed E-state index contributed by atoms with van der Waals surface area (Å²) >= 11 is 0. The van der Waals surface area contributed by atoms with Crippen molar-refractivity contribution < 1.29 is 9.53 Å². The van der Waals surface area contributed by atoms with E-state index >= 15 is 0 Å². The first-order valence-corrected chi connectivity index (χ1v) is 6.91. The molecule has 0 radical (unpaired) electrons. The summed E-state index contributed by atoms with van der Waals surface area (Å²) in [4.78, 5) is 21.7. The number of anilines is 2. The average molecular weight is 300 g/mol. The van der Waals surface area contributed by atoms with Gasteiger partial charge in [0.25, 0.3) is 0 Å². The van der Waals surface area contributed by atoms with Gasteiger partial charge in [0, 0.05) is 19.4 Å². The van der Waals surface area contributed by atoms with Gasteiger partial charge in [-0.3, -0.25) is 4.90 Å². The van der Waals surface area contributed by atoms with Crippen LogP contribution in [-0.4, -0.2) is 28.7 Å². The molecule has 0 aromatic carbocycles. The van der Waals surface area contributed by atoms with E-state index in [0.29, 0.717) is 11.6 Å². The highest BCUT2D eigenvalue weighted by atomic mass is 16.6. The van der Waals surface area contributed by atoms with Gasteiger partial charge in [-0.25, -0.2) is 14.8 Å². The lowest BCUT2D eigenvalue weighted by Crippen LogP contribution is -2.34. The van der Waals surface area contributed by atoms with Crippen LogP contribution >= 0.6 is 0 Å². The number of aromatic nitrogens is 2. The molecule has 0 aliphatic heterocycles. The maximum Gasteiger partial charge on any atom is 0.415 e. The van der Waals surface area contributed by atoms with E-state index in [1.165, 1.54) is 4.90 Å². The number of nitrogen functional groups attached to an aromatic ring is 1. The zero-order valence-corrected chi connectivity index (χ0v) is 13.2. The van der Waals surface area contributed by atoms with Crippen molar-refractivity contribution in [1.29, 1.82) is 0 Å². The van der Waals surface area contributed by atoms with Crippen LogP contribution in [0.25, 0.3) is 11.1 Å². The van der Waals surface area contributed by atoms with Crippen LogP contribution in [0.4, 0.5) is 16.4 Å². The zero-order valence-electron chi connectivity index (χ0n) is 13.2. The molecule has 0 bridgehead atoms. The van der Waals surface area contributed by atoms with Crippen LogP contribution in [0.2, 0.25) is 0 Å². The Morgan fingerprint density at radius 1 is 1.14 bits per heavy atom. The van der Waals surface area contributed by atoms with Gasteiger partial charge in [-0.05, 0) is 56.2 Å². The zero-order chi connectivity index (χ0) is 16.3. The molecule has 2 aromatic rings. The first-order chi connectivity index (χ1) is 10.3. The van der Waals surface area contributed by atoms with Crippen molar-refractivity contribution in [3.8, 4) is 11.1 Å². The van der Waals surface area contributed by atoms with Crippen LogP contribution < -0.4 is 10.6 Å². The highest BCUT2D eigenvalue weighted by molar-refractivity contribution is 5.87. The average Bonchev–Trinajstić information content (AvgIpc) is 2.45. The number of rotatable bonds is 2. The minimum atomic E-state index is -0.553. The molecule has 2 aromatic heterocycles. The molecule has 0 aliphatic carbocycles. The summed E-state index contributed by atoms with van der Waals surface area (Å²) in [5.41, 5.74) is 6.96. The van der Waals surface area contributed by atoms with Gasteiger partial charge in [-0.15, -0.1) is 0 Å². The number of nitrogens with zero attached hydrogens (tertiary/aromatic N) is 3. The SMILES string of the molecule is CN(C(=O)OC(C)(C)C)c1cc(-c2ccnc(N)c2)ccn1. The number of carbonyl (C=O) groups excluding carboxylic acids is 1. The van der Waals surface area contributed by atoms with Crippen molar-refractivity contribution in [3.63, 3.8) is 0 Å². The van der Waals surface area contributed by atoms with E-state index in [-0.39, 0.29) is 0 Å². The molecule has 0 aliphatic rings. The standard InChI is InChI=1S/C16H20N4O2/c1-16(2,3)22-15(21)20(4)14-10-12(6-8-19-14)11-5-7-18-13(17)9-11/h5-10H,1-4H3,(H2,17,18). The minimum Gasteiger partial charge on any atom is -0.443 e. The van der Waals surface area contributed by atoms with Gasteiger partial charge in [0.1, 0.15) is 17.2 Å². The van der Waals surface area contributed by atoms with Gasteiger partial charge in [0.2, 0.25) is 0 Å². The molecule has 0 unspecified atom stereocenters. The second-order valence-electron chi connectivity index (χ2n) is 5.91. The van der Waals surface area contributed by atoms with Crippen molar-refractivity contribution >= 4 is 17.7 Å². The molecule has 0 spiro atoms. The highest BCUT2D eigenvalue weighted by Gasteiger charge is 2.21. The number of hydrogen-bond acceptors (Lipinski definition) is 5. The van der Waals surface area contributed by atoms with Crippen LogP contribution in [0.15, 0.2) is 36.7 Å². The van der Waals surface area contributed by atoms with E-state index in [2.05, 4.69) is 9.97 Å². The molecule has 0 saturated heterocycles. The molecule has 22 heavy (non-hydrogen) atoms. The molecule has 1 amide bonds. The van der Waals surface area contributed by atoms with Crippen LogP contribution in [0.3, 0.4) is 0 Å². The van der Waals surface area contributed by atoms with Gasteiger partial charge >= 0.3 is 6.09 Å². The first-order valence-electron chi connectivity index (χ1n) is 6.91. The van der Waals surface area contributed by atoms with Crippen LogP contribution in [0.5, 0.6) is 0 Å². The smallest absolute Gasteiger partial charge is 0.415 e. The van der Waals surface area contributed by atoms with Crippen LogP contribution in [-0.2, 0) is 4.74 Å². The van der Waals surface area contributed by atoms with E-state index in [9.17, 15) is 4.79 Å². The Balaban J connectivity index is 2.26. The molecule has 2 N–H and O–H groups in total. The molecule has 0 atom stereocenters. The Hall–Kier alpha value is -2.63. The Morgan fingerprint density at radius 3 is 2.32 bits per heavy atom. The number of pyridine rings is 2. The van der Waals surface area contributed by atoms with Crippen LogP contribution in [0, 0.1) is 0 Å². The topological polar surface area (TPSA) is 81.3 Å². The second kappa shape index (κ2) is 6.01. The number of hydrogen-bond donors (Lipinski definition) is 1. The number of carbonyl (C=O) groups is 1. The summed E-state index contributed by atoms with van der Waals surface area (Å²) in [7, 11) is 1.63. The molecule has 116 valence electrons. The normalized spacial score (nSPS) is 11.1. The van der Waals surface area contributed by atoms with E-state index in [1.54, 1.807) is 31.6 Å².